The van der Waals surface area contributed by atoms with Crippen molar-refractivity contribution < 1.29 is 67.0 Å². The van der Waals surface area contributed by atoms with Gasteiger partial charge in [0.1, 0.15) is 23.0 Å². The number of carbonyl (C=O) groups excluding carboxylic acids is 2. The molecule has 180 valence electrons. The number of aromatic carboxylic acids is 2. The fraction of sp³-hybridized carbons (Fsp3) is 0.545. The third kappa shape index (κ3) is 6.57. The molecular formula is C22H24Li2N6O6. The van der Waals surface area contributed by atoms with E-state index >= 15 is 0 Å². The minimum absolute atomic E-state index is 0. The molecule has 2 saturated carbocycles. The van der Waals surface area contributed by atoms with Crippen molar-refractivity contribution in [1.29, 1.82) is 0 Å². The number of carbonyl (C=O) groups is 2. The largest absolute Gasteiger partial charge is 1.00 e. The predicted octanol–water partition coefficient (Wildman–Crippen LogP) is -7.57. The number of aromatic nitrogens is 4. The van der Waals surface area contributed by atoms with Gasteiger partial charge in [-0.25, -0.2) is 9.97 Å². The number of nitrogens with zero attached hydrogens (tertiary/aromatic N) is 6. The number of hydrogen-bond donors (Lipinski definition) is 0. The van der Waals surface area contributed by atoms with Gasteiger partial charge in [-0.1, -0.05) is 0 Å². The molecular weight excluding hydrogens is 458 g/mol. The molecule has 2 saturated heterocycles. The summed E-state index contributed by atoms with van der Waals surface area (Å²) in [6.07, 6.45) is 9.82. The van der Waals surface area contributed by atoms with Crippen molar-refractivity contribution in [1.82, 2.24) is 19.9 Å². The second-order valence-corrected chi connectivity index (χ2v) is 9.01. The zero-order valence-corrected chi connectivity index (χ0v) is 20.5. The van der Waals surface area contributed by atoms with Gasteiger partial charge >= 0.3 is 37.7 Å². The first-order chi connectivity index (χ1) is 16.4. The molecule has 0 radical (unpaired) electrons. The Morgan fingerprint density at radius 3 is 1.44 bits per heavy atom. The van der Waals surface area contributed by atoms with Gasteiger partial charge in [0.15, 0.2) is 0 Å². The van der Waals surface area contributed by atoms with Gasteiger partial charge in [-0.05, 0) is 25.7 Å². The summed E-state index contributed by atoms with van der Waals surface area (Å²) in [4.78, 5) is 41.3. The van der Waals surface area contributed by atoms with Gasteiger partial charge in [0.05, 0.1) is 61.1 Å². The minimum atomic E-state index is -1.30. The summed E-state index contributed by atoms with van der Waals surface area (Å²) in [7, 11) is 0. The van der Waals surface area contributed by atoms with Crippen LogP contribution in [0.5, 0.6) is 0 Å². The van der Waals surface area contributed by atoms with Crippen molar-refractivity contribution in [2.24, 2.45) is 0 Å². The van der Waals surface area contributed by atoms with Crippen molar-refractivity contribution in [3.63, 3.8) is 0 Å². The number of rotatable bonds is 4. The summed E-state index contributed by atoms with van der Waals surface area (Å²) in [6, 6.07) is 0. The molecule has 4 fully saturated rings. The maximum atomic E-state index is 10.7. The summed E-state index contributed by atoms with van der Waals surface area (Å²) in [5.41, 5.74) is -0.285. The van der Waals surface area contributed by atoms with E-state index in [1.165, 1.54) is 12.4 Å². The minimum Gasteiger partial charge on any atom is -0.543 e. The first-order valence-corrected chi connectivity index (χ1v) is 11.2. The molecule has 0 atom stereocenters. The van der Waals surface area contributed by atoms with Crippen LogP contribution in [0.25, 0.3) is 0 Å². The molecule has 0 aromatic carbocycles. The first kappa shape index (κ1) is 28.4. The van der Waals surface area contributed by atoms with Crippen LogP contribution in [0.2, 0.25) is 0 Å². The zero-order chi connectivity index (χ0) is 23.8. The van der Waals surface area contributed by atoms with Crippen LogP contribution < -0.4 is 57.7 Å². The van der Waals surface area contributed by atoms with Gasteiger partial charge in [-0.2, -0.15) is 0 Å². The number of ether oxygens (including phenoxy) is 2. The van der Waals surface area contributed by atoms with Crippen molar-refractivity contribution in [3.05, 3.63) is 36.2 Å². The quantitative estimate of drug-likeness (QED) is 0.380. The smallest absolute Gasteiger partial charge is 0.543 e. The summed E-state index contributed by atoms with van der Waals surface area (Å²) < 4.78 is 11.4. The van der Waals surface area contributed by atoms with Crippen LogP contribution in [-0.2, 0) is 9.47 Å². The monoisotopic (exact) mass is 482 g/mol. The van der Waals surface area contributed by atoms with Crippen LogP contribution in [0.1, 0.15) is 46.7 Å². The molecule has 12 nitrogen and oxygen atoms in total. The molecule has 2 aliphatic carbocycles. The van der Waals surface area contributed by atoms with Gasteiger partial charge in [0, 0.05) is 26.2 Å². The Balaban J connectivity index is 0.000000190. The van der Waals surface area contributed by atoms with Gasteiger partial charge in [-0.15, -0.1) is 0 Å². The molecule has 2 aromatic rings. The van der Waals surface area contributed by atoms with E-state index in [0.717, 1.165) is 38.8 Å². The van der Waals surface area contributed by atoms with E-state index in [1.807, 2.05) is 9.80 Å². The van der Waals surface area contributed by atoms with E-state index in [2.05, 4.69) is 19.9 Å². The van der Waals surface area contributed by atoms with E-state index in [9.17, 15) is 19.8 Å². The Bertz CT molecular complexity index is 1010. The Kier molecular flexibility index (Phi) is 9.04. The van der Waals surface area contributed by atoms with E-state index < -0.39 is 11.9 Å². The van der Waals surface area contributed by atoms with Crippen molar-refractivity contribution in [2.75, 3.05) is 49.2 Å². The van der Waals surface area contributed by atoms with E-state index in [0.29, 0.717) is 37.9 Å². The number of carboxylic acids is 2. The SMILES string of the molecule is O=C([O-])c1cncc(N2CCOC3(CC3)C2)n1.O=C([O-])c1cncc(N2CCOC3(CC3)C2)n1.[Li+].[Li+]. The Labute approximate surface area is 232 Å². The maximum Gasteiger partial charge on any atom is 1.00 e. The molecule has 6 rings (SSSR count). The third-order valence-corrected chi connectivity index (χ3v) is 6.42. The van der Waals surface area contributed by atoms with Crippen LogP contribution in [0.4, 0.5) is 11.6 Å². The number of carboxylic acid groups (broad SMARTS) is 2. The zero-order valence-electron chi connectivity index (χ0n) is 20.5. The summed E-state index contributed by atoms with van der Waals surface area (Å²) in [5, 5.41) is 21.4. The van der Waals surface area contributed by atoms with Crippen LogP contribution in [-0.4, -0.2) is 82.5 Å². The number of anilines is 2. The molecule has 4 aliphatic rings. The maximum absolute atomic E-state index is 10.7. The van der Waals surface area contributed by atoms with Crippen molar-refractivity contribution >= 4 is 23.6 Å². The fourth-order valence-electron chi connectivity index (χ4n) is 4.18. The van der Waals surface area contributed by atoms with E-state index in [1.54, 1.807) is 12.4 Å². The summed E-state index contributed by atoms with van der Waals surface area (Å²) in [5.74, 6) is -1.43. The Hall–Kier alpha value is -2.19. The van der Waals surface area contributed by atoms with Crippen molar-refractivity contribution in [3.8, 4) is 0 Å². The van der Waals surface area contributed by atoms with Gasteiger partial charge < -0.3 is 39.1 Å². The Morgan fingerprint density at radius 2 is 1.11 bits per heavy atom. The van der Waals surface area contributed by atoms with Crippen LogP contribution in [0.3, 0.4) is 0 Å². The first-order valence-electron chi connectivity index (χ1n) is 11.2. The van der Waals surface area contributed by atoms with E-state index in [4.69, 9.17) is 9.47 Å². The molecule has 4 heterocycles. The summed E-state index contributed by atoms with van der Waals surface area (Å²) in [6.45, 7) is 4.25. The molecule has 2 spiro atoms. The summed E-state index contributed by atoms with van der Waals surface area (Å²) >= 11 is 0. The molecule has 0 unspecified atom stereocenters. The van der Waals surface area contributed by atoms with Gasteiger partial charge in [0.2, 0.25) is 0 Å². The number of hydrogen-bond acceptors (Lipinski definition) is 12. The van der Waals surface area contributed by atoms with Crippen molar-refractivity contribution in [2.45, 2.75) is 36.9 Å². The molecule has 36 heavy (non-hydrogen) atoms. The average Bonchev–Trinajstić information content (AvgIpc) is 3.79. The Morgan fingerprint density at radius 1 is 0.722 bits per heavy atom. The van der Waals surface area contributed by atoms with Crippen LogP contribution in [0, 0.1) is 0 Å². The second kappa shape index (κ2) is 11.5. The predicted molar refractivity (Wildman–Crippen MR) is 113 cm³/mol. The normalized spacial score (nSPS) is 20.3. The molecule has 0 N–H and O–H groups in total. The number of morpholine rings is 2. The van der Waals surface area contributed by atoms with Crippen LogP contribution in [0.15, 0.2) is 24.8 Å². The molecule has 2 aromatic heterocycles. The second-order valence-electron chi connectivity index (χ2n) is 9.01. The van der Waals surface area contributed by atoms with Gasteiger partial charge in [-0.3, -0.25) is 9.97 Å². The average molecular weight is 482 g/mol. The molecule has 14 heteroatoms. The standard InChI is InChI=1S/2C11H13N3O3.2Li/c2*15-10(16)8-5-12-6-9(13-8)14-3-4-17-11(7-14)1-2-11;;/h2*5-6H,1-4,7H2,(H,15,16);;/q;;2*+1/p-2. The third-order valence-electron chi connectivity index (χ3n) is 6.42. The fourth-order valence-corrected chi connectivity index (χ4v) is 4.18. The van der Waals surface area contributed by atoms with Crippen LogP contribution >= 0.6 is 0 Å². The topological polar surface area (TPSA) is 157 Å². The van der Waals surface area contributed by atoms with Gasteiger partial charge in [0.25, 0.3) is 0 Å². The molecule has 2 aliphatic heterocycles. The molecule has 0 amide bonds. The molecule has 0 bridgehead atoms. The van der Waals surface area contributed by atoms with E-state index in [-0.39, 0.29) is 60.3 Å².